The number of ether oxygens (including phenoxy) is 2. The standard InChI is InChI=1S/C22H24ClF2N5O2/c1-14-11-29(12-18(14)17-5-3-15(25)9-19(17)23)22-28-27-20(13-32-8-7-24)30(22)16-4-6-21(31-2)26-10-16/h3-6,9-10,14,18H,7-8,11-13H2,1-2H3/t14-,18?/m0/s1. The van der Waals surface area contributed by atoms with Gasteiger partial charge in [-0.05, 0) is 29.7 Å². The molecule has 0 bridgehead atoms. The summed E-state index contributed by atoms with van der Waals surface area (Å²) in [6.45, 7) is 3.00. The molecule has 2 aromatic heterocycles. The first-order valence-electron chi connectivity index (χ1n) is 10.3. The predicted octanol–water partition coefficient (Wildman–Crippen LogP) is 4.19. The van der Waals surface area contributed by atoms with E-state index in [2.05, 4.69) is 27.0 Å². The van der Waals surface area contributed by atoms with Crippen molar-refractivity contribution in [3.8, 4) is 11.6 Å². The van der Waals surface area contributed by atoms with Crippen molar-refractivity contribution < 1.29 is 18.3 Å². The molecule has 1 aliphatic rings. The third-order valence-corrected chi connectivity index (χ3v) is 5.94. The molecule has 0 N–H and O–H groups in total. The minimum Gasteiger partial charge on any atom is -0.481 e. The molecular formula is C22H24ClF2N5O2. The number of pyridine rings is 1. The van der Waals surface area contributed by atoms with Gasteiger partial charge in [0.2, 0.25) is 11.8 Å². The van der Waals surface area contributed by atoms with Gasteiger partial charge in [0.1, 0.15) is 19.1 Å². The average Bonchev–Trinajstić information content (AvgIpc) is 3.37. The molecule has 3 aromatic rings. The largest absolute Gasteiger partial charge is 0.481 e. The number of anilines is 1. The van der Waals surface area contributed by atoms with Crippen LogP contribution in [0.4, 0.5) is 14.7 Å². The third kappa shape index (κ3) is 4.54. The van der Waals surface area contributed by atoms with Crippen LogP contribution in [-0.2, 0) is 11.3 Å². The number of hydrogen-bond acceptors (Lipinski definition) is 6. The second-order valence-corrected chi connectivity index (χ2v) is 8.11. The van der Waals surface area contributed by atoms with Gasteiger partial charge in [-0.15, -0.1) is 10.2 Å². The van der Waals surface area contributed by atoms with Crippen LogP contribution in [0.15, 0.2) is 36.5 Å². The van der Waals surface area contributed by atoms with Crippen molar-refractivity contribution in [2.24, 2.45) is 5.92 Å². The van der Waals surface area contributed by atoms with Crippen LogP contribution >= 0.6 is 11.6 Å². The summed E-state index contributed by atoms with van der Waals surface area (Å²) in [6.07, 6.45) is 1.66. The van der Waals surface area contributed by atoms with Crippen LogP contribution in [0.5, 0.6) is 5.88 Å². The molecule has 3 heterocycles. The number of rotatable bonds is 8. The number of nitrogens with zero attached hydrogens (tertiary/aromatic N) is 5. The highest BCUT2D eigenvalue weighted by atomic mass is 35.5. The smallest absolute Gasteiger partial charge is 0.232 e. The number of aromatic nitrogens is 4. The van der Waals surface area contributed by atoms with Gasteiger partial charge in [-0.1, -0.05) is 24.6 Å². The van der Waals surface area contributed by atoms with Crippen LogP contribution in [0.1, 0.15) is 24.2 Å². The molecule has 0 amide bonds. The molecule has 0 saturated carbocycles. The Kier molecular flexibility index (Phi) is 6.86. The van der Waals surface area contributed by atoms with Gasteiger partial charge in [-0.2, -0.15) is 0 Å². The number of hydrogen-bond donors (Lipinski definition) is 0. The van der Waals surface area contributed by atoms with Crippen LogP contribution in [0, 0.1) is 11.7 Å². The Morgan fingerprint density at radius 1 is 1.19 bits per heavy atom. The molecule has 170 valence electrons. The fraction of sp³-hybridized carbons (Fsp3) is 0.409. The molecule has 0 aliphatic carbocycles. The minimum atomic E-state index is -0.575. The number of methoxy groups -OCH3 is 1. The lowest BCUT2D eigenvalue weighted by Crippen LogP contribution is -2.24. The van der Waals surface area contributed by atoms with Crippen molar-refractivity contribution in [2.75, 3.05) is 38.4 Å². The van der Waals surface area contributed by atoms with Crippen molar-refractivity contribution >= 4 is 17.5 Å². The minimum absolute atomic E-state index is 0.0189. The summed E-state index contributed by atoms with van der Waals surface area (Å²) >= 11 is 6.34. The zero-order valence-corrected chi connectivity index (χ0v) is 18.6. The summed E-state index contributed by atoms with van der Waals surface area (Å²) in [4.78, 5) is 6.40. The van der Waals surface area contributed by atoms with Crippen molar-refractivity contribution in [3.05, 3.63) is 58.8 Å². The lowest BCUT2D eigenvalue weighted by atomic mass is 9.90. The Morgan fingerprint density at radius 2 is 2.03 bits per heavy atom. The topological polar surface area (TPSA) is 65.3 Å². The second kappa shape index (κ2) is 9.79. The van der Waals surface area contributed by atoms with Gasteiger partial charge in [0.05, 0.1) is 25.6 Å². The van der Waals surface area contributed by atoms with Crippen LogP contribution in [-0.4, -0.2) is 53.2 Å². The summed E-state index contributed by atoms with van der Waals surface area (Å²) in [5.74, 6) is 1.65. The molecule has 4 rings (SSSR count). The van der Waals surface area contributed by atoms with Gasteiger partial charge >= 0.3 is 0 Å². The van der Waals surface area contributed by atoms with Crippen LogP contribution in [0.3, 0.4) is 0 Å². The summed E-state index contributed by atoms with van der Waals surface area (Å²) in [6, 6.07) is 8.13. The van der Waals surface area contributed by atoms with E-state index in [4.69, 9.17) is 21.1 Å². The van der Waals surface area contributed by atoms with Crippen LogP contribution in [0.2, 0.25) is 5.02 Å². The fourth-order valence-corrected chi connectivity index (χ4v) is 4.36. The maximum Gasteiger partial charge on any atom is 0.232 e. The van der Waals surface area contributed by atoms with E-state index < -0.39 is 6.67 Å². The van der Waals surface area contributed by atoms with Crippen molar-refractivity contribution in [1.29, 1.82) is 0 Å². The Bertz CT molecular complexity index is 1060. The lowest BCUT2D eigenvalue weighted by Gasteiger charge is -2.20. The number of halogens is 3. The van der Waals surface area contributed by atoms with Gasteiger partial charge in [-0.25, -0.2) is 13.8 Å². The Labute approximate surface area is 189 Å². The highest BCUT2D eigenvalue weighted by molar-refractivity contribution is 6.31. The molecule has 0 radical (unpaired) electrons. The monoisotopic (exact) mass is 463 g/mol. The Morgan fingerprint density at radius 3 is 2.72 bits per heavy atom. The van der Waals surface area contributed by atoms with E-state index in [-0.39, 0.29) is 30.9 Å². The zero-order valence-electron chi connectivity index (χ0n) is 17.8. The van der Waals surface area contributed by atoms with Crippen molar-refractivity contribution in [1.82, 2.24) is 19.7 Å². The van der Waals surface area contributed by atoms with E-state index in [1.807, 2.05) is 10.6 Å². The molecule has 1 aromatic carbocycles. The second-order valence-electron chi connectivity index (χ2n) is 7.71. The summed E-state index contributed by atoms with van der Waals surface area (Å²) in [5.41, 5.74) is 1.65. The average molecular weight is 464 g/mol. The molecule has 1 fully saturated rings. The molecular weight excluding hydrogens is 440 g/mol. The lowest BCUT2D eigenvalue weighted by molar-refractivity contribution is 0.101. The Hall–Kier alpha value is -2.78. The van der Waals surface area contributed by atoms with E-state index in [9.17, 15) is 8.78 Å². The molecule has 1 unspecified atom stereocenters. The zero-order chi connectivity index (χ0) is 22.7. The quantitative estimate of drug-likeness (QED) is 0.467. The van der Waals surface area contributed by atoms with E-state index in [0.29, 0.717) is 35.8 Å². The van der Waals surface area contributed by atoms with Gasteiger partial charge < -0.3 is 14.4 Å². The van der Waals surface area contributed by atoms with Crippen LogP contribution < -0.4 is 9.64 Å². The van der Waals surface area contributed by atoms with E-state index in [1.165, 1.54) is 12.1 Å². The maximum absolute atomic E-state index is 13.5. The first-order valence-corrected chi connectivity index (χ1v) is 10.7. The molecule has 2 atom stereocenters. The molecule has 7 nitrogen and oxygen atoms in total. The summed E-state index contributed by atoms with van der Waals surface area (Å²) in [7, 11) is 1.55. The number of alkyl halides is 1. The highest BCUT2D eigenvalue weighted by Gasteiger charge is 2.35. The normalized spacial score (nSPS) is 18.3. The fourth-order valence-electron chi connectivity index (χ4n) is 4.05. The van der Waals surface area contributed by atoms with E-state index in [1.54, 1.807) is 25.4 Å². The first kappa shape index (κ1) is 22.4. The van der Waals surface area contributed by atoms with Gasteiger partial charge in [0, 0.05) is 30.1 Å². The molecule has 32 heavy (non-hydrogen) atoms. The van der Waals surface area contributed by atoms with Crippen molar-refractivity contribution in [2.45, 2.75) is 19.4 Å². The SMILES string of the molecule is COc1ccc(-n2c(COCCF)nnc2N2CC(c3ccc(F)cc3Cl)[C@@H](C)C2)cn1. The molecule has 1 saturated heterocycles. The third-order valence-electron chi connectivity index (χ3n) is 5.61. The summed E-state index contributed by atoms with van der Waals surface area (Å²) in [5, 5.41) is 9.12. The maximum atomic E-state index is 13.5. The number of benzene rings is 1. The van der Waals surface area contributed by atoms with Gasteiger partial charge in [0.15, 0.2) is 5.82 Å². The van der Waals surface area contributed by atoms with Gasteiger partial charge in [0.25, 0.3) is 0 Å². The highest BCUT2D eigenvalue weighted by Crippen LogP contribution is 2.38. The Balaban J connectivity index is 1.66. The summed E-state index contributed by atoms with van der Waals surface area (Å²) < 4.78 is 38.4. The predicted molar refractivity (Wildman–Crippen MR) is 117 cm³/mol. The molecule has 0 spiro atoms. The van der Waals surface area contributed by atoms with Crippen molar-refractivity contribution in [3.63, 3.8) is 0 Å². The van der Waals surface area contributed by atoms with Gasteiger partial charge in [-0.3, -0.25) is 4.57 Å². The van der Waals surface area contributed by atoms with E-state index >= 15 is 0 Å². The molecule has 1 aliphatic heterocycles. The molecule has 10 heteroatoms. The van der Waals surface area contributed by atoms with Crippen LogP contribution in [0.25, 0.3) is 5.69 Å². The first-order chi connectivity index (χ1) is 15.5. The van der Waals surface area contributed by atoms with E-state index in [0.717, 1.165) is 11.3 Å².